The molecule has 27 heavy (non-hydrogen) atoms. The van der Waals surface area contributed by atoms with E-state index < -0.39 is 29.5 Å². The van der Waals surface area contributed by atoms with Gasteiger partial charge >= 0.3 is 5.97 Å². The first kappa shape index (κ1) is 18.3. The van der Waals surface area contributed by atoms with E-state index in [4.69, 9.17) is 5.11 Å². The van der Waals surface area contributed by atoms with Crippen molar-refractivity contribution in [2.24, 2.45) is 0 Å². The zero-order valence-corrected chi connectivity index (χ0v) is 14.1. The molecule has 2 aromatic rings. The maximum absolute atomic E-state index is 13.3. The molecule has 7 heteroatoms. The Balaban J connectivity index is 2.14. The summed E-state index contributed by atoms with van der Waals surface area (Å²) in [7, 11) is 0. The van der Waals surface area contributed by atoms with Gasteiger partial charge < -0.3 is 15.1 Å². The van der Waals surface area contributed by atoms with Crippen molar-refractivity contribution in [2.45, 2.75) is 12.5 Å². The topological polar surface area (TPSA) is 94.9 Å². The number of carboxylic acids is 1. The minimum Gasteiger partial charge on any atom is -0.507 e. The molecule has 0 saturated carbocycles. The lowest BCUT2D eigenvalue weighted by Gasteiger charge is -2.24. The molecule has 1 amide bonds. The quantitative estimate of drug-likeness (QED) is 0.480. The third-order valence-electron chi connectivity index (χ3n) is 4.34. The van der Waals surface area contributed by atoms with E-state index in [1.807, 2.05) is 0 Å². The van der Waals surface area contributed by atoms with Crippen LogP contribution in [-0.4, -0.2) is 39.3 Å². The van der Waals surface area contributed by atoms with Crippen molar-refractivity contribution in [2.75, 3.05) is 6.54 Å². The van der Waals surface area contributed by atoms with E-state index in [1.165, 1.54) is 24.3 Å². The van der Waals surface area contributed by atoms with Crippen LogP contribution in [0.3, 0.4) is 0 Å². The molecule has 138 valence electrons. The van der Waals surface area contributed by atoms with Crippen molar-refractivity contribution in [1.82, 2.24) is 4.90 Å². The second-order valence-corrected chi connectivity index (χ2v) is 6.05. The zero-order valence-electron chi connectivity index (χ0n) is 14.1. The minimum atomic E-state index is -1.13. The molecule has 0 aliphatic carbocycles. The highest BCUT2D eigenvalue weighted by Gasteiger charge is 2.46. The van der Waals surface area contributed by atoms with E-state index in [9.17, 15) is 23.9 Å². The Kier molecular flexibility index (Phi) is 5.03. The first-order valence-electron chi connectivity index (χ1n) is 8.21. The minimum absolute atomic E-state index is 0.150. The number of rotatable bonds is 5. The predicted molar refractivity (Wildman–Crippen MR) is 94.1 cm³/mol. The molecule has 1 fully saturated rings. The molecular formula is C20H16FNO5. The van der Waals surface area contributed by atoms with Gasteiger partial charge in [-0.3, -0.25) is 14.4 Å². The fourth-order valence-electron chi connectivity index (χ4n) is 3.07. The summed E-state index contributed by atoms with van der Waals surface area (Å²) in [6, 6.07) is 12.4. The third kappa shape index (κ3) is 3.57. The Morgan fingerprint density at radius 3 is 2.22 bits per heavy atom. The fourth-order valence-corrected chi connectivity index (χ4v) is 3.07. The molecule has 1 aliphatic heterocycles. The first-order chi connectivity index (χ1) is 12.9. The number of Topliss-reactive ketones (excluding diaryl/α,β-unsaturated/α-hetero) is 1. The highest BCUT2D eigenvalue weighted by Crippen LogP contribution is 2.39. The first-order valence-corrected chi connectivity index (χ1v) is 8.21. The molecule has 0 spiro atoms. The SMILES string of the molecule is O=C(O)CCN1C(=O)C(=O)C(=C(O)c2ccccc2)C1c1ccc(F)cc1. The molecule has 0 bridgehead atoms. The van der Waals surface area contributed by atoms with Crippen LogP contribution in [0.4, 0.5) is 4.39 Å². The van der Waals surface area contributed by atoms with Crippen LogP contribution in [0.25, 0.3) is 5.76 Å². The number of benzene rings is 2. The summed E-state index contributed by atoms with van der Waals surface area (Å²) in [5.41, 5.74) is 0.600. The Bertz CT molecular complexity index is 921. The lowest BCUT2D eigenvalue weighted by Crippen LogP contribution is -2.31. The van der Waals surface area contributed by atoms with E-state index in [0.29, 0.717) is 11.1 Å². The number of aliphatic hydroxyl groups is 1. The van der Waals surface area contributed by atoms with Crippen LogP contribution in [0.2, 0.25) is 0 Å². The van der Waals surface area contributed by atoms with Crippen LogP contribution in [0.5, 0.6) is 0 Å². The predicted octanol–water partition coefficient (Wildman–Crippen LogP) is 2.72. The van der Waals surface area contributed by atoms with E-state index in [0.717, 1.165) is 4.90 Å². The van der Waals surface area contributed by atoms with Crippen molar-refractivity contribution in [3.05, 3.63) is 77.1 Å². The van der Waals surface area contributed by atoms with Crippen molar-refractivity contribution < 1.29 is 29.0 Å². The molecule has 2 aromatic carbocycles. The molecule has 1 saturated heterocycles. The Labute approximate surface area is 154 Å². The summed E-state index contributed by atoms with van der Waals surface area (Å²) in [5, 5.41) is 19.6. The van der Waals surface area contributed by atoms with Crippen LogP contribution in [0.1, 0.15) is 23.6 Å². The number of halogens is 1. The third-order valence-corrected chi connectivity index (χ3v) is 4.34. The Morgan fingerprint density at radius 1 is 1.00 bits per heavy atom. The number of carbonyl (C=O) groups excluding carboxylic acids is 2. The Hall–Kier alpha value is -3.48. The van der Waals surface area contributed by atoms with Crippen molar-refractivity contribution >= 4 is 23.4 Å². The molecule has 1 aliphatic rings. The number of hydrogen-bond donors (Lipinski definition) is 2. The van der Waals surface area contributed by atoms with E-state index in [-0.39, 0.29) is 24.3 Å². The molecular weight excluding hydrogens is 353 g/mol. The number of aliphatic hydroxyl groups excluding tert-OH is 1. The smallest absolute Gasteiger partial charge is 0.305 e. The summed E-state index contributed by atoms with van der Waals surface area (Å²) >= 11 is 0. The van der Waals surface area contributed by atoms with Crippen molar-refractivity contribution in [3.63, 3.8) is 0 Å². The van der Waals surface area contributed by atoms with Crippen LogP contribution in [0, 0.1) is 5.82 Å². The highest BCUT2D eigenvalue weighted by molar-refractivity contribution is 6.46. The lowest BCUT2D eigenvalue weighted by molar-refractivity contribution is -0.142. The monoisotopic (exact) mass is 369 g/mol. The Morgan fingerprint density at radius 2 is 1.63 bits per heavy atom. The van der Waals surface area contributed by atoms with Crippen LogP contribution in [-0.2, 0) is 14.4 Å². The van der Waals surface area contributed by atoms with Crippen LogP contribution in [0.15, 0.2) is 60.2 Å². The number of ketones is 1. The van der Waals surface area contributed by atoms with Crippen LogP contribution >= 0.6 is 0 Å². The largest absolute Gasteiger partial charge is 0.507 e. The summed E-state index contributed by atoms with van der Waals surface area (Å²) in [6.07, 6.45) is -0.365. The summed E-state index contributed by atoms with van der Waals surface area (Å²) < 4.78 is 13.3. The summed E-state index contributed by atoms with van der Waals surface area (Å²) in [4.78, 5) is 37.1. The van der Waals surface area contributed by atoms with E-state index in [2.05, 4.69) is 0 Å². The standard InChI is InChI=1S/C20H16FNO5/c21-14-8-6-12(7-9-14)17-16(18(25)13-4-2-1-3-5-13)19(26)20(27)22(17)11-10-15(23)24/h1-9,17,25H,10-11H2,(H,23,24). The molecule has 6 nitrogen and oxygen atoms in total. The molecule has 1 unspecified atom stereocenters. The normalized spacial score (nSPS) is 18.7. The van der Waals surface area contributed by atoms with Gasteiger partial charge in [-0.15, -0.1) is 0 Å². The zero-order chi connectivity index (χ0) is 19.6. The van der Waals surface area contributed by atoms with Crippen molar-refractivity contribution in [3.8, 4) is 0 Å². The lowest BCUT2D eigenvalue weighted by atomic mass is 9.95. The number of carbonyl (C=O) groups is 3. The van der Waals surface area contributed by atoms with E-state index >= 15 is 0 Å². The average Bonchev–Trinajstić information content (AvgIpc) is 2.91. The molecule has 0 aromatic heterocycles. The molecule has 2 N–H and O–H groups in total. The molecule has 1 atom stereocenters. The summed E-state index contributed by atoms with van der Waals surface area (Å²) in [6.45, 7) is -0.215. The van der Waals surface area contributed by atoms with Crippen LogP contribution < -0.4 is 0 Å². The van der Waals surface area contributed by atoms with Gasteiger partial charge in [0.15, 0.2) is 0 Å². The van der Waals surface area contributed by atoms with Gasteiger partial charge in [-0.1, -0.05) is 42.5 Å². The van der Waals surface area contributed by atoms with Gasteiger partial charge in [0.2, 0.25) is 0 Å². The van der Waals surface area contributed by atoms with E-state index in [1.54, 1.807) is 30.3 Å². The number of aliphatic carboxylic acids is 1. The van der Waals surface area contributed by atoms with Crippen molar-refractivity contribution in [1.29, 1.82) is 0 Å². The van der Waals surface area contributed by atoms with Gasteiger partial charge in [0.1, 0.15) is 11.6 Å². The van der Waals surface area contributed by atoms with Gasteiger partial charge in [-0.2, -0.15) is 0 Å². The fraction of sp³-hybridized carbons (Fsp3) is 0.150. The number of nitrogens with zero attached hydrogens (tertiary/aromatic N) is 1. The molecule has 1 heterocycles. The van der Waals surface area contributed by atoms with Gasteiger partial charge in [0, 0.05) is 12.1 Å². The highest BCUT2D eigenvalue weighted by atomic mass is 19.1. The van der Waals surface area contributed by atoms with Gasteiger partial charge in [-0.05, 0) is 17.7 Å². The maximum Gasteiger partial charge on any atom is 0.305 e. The maximum atomic E-state index is 13.3. The van der Waals surface area contributed by atoms with Gasteiger partial charge in [0.25, 0.3) is 11.7 Å². The second-order valence-electron chi connectivity index (χ2n) is 6.05. The molecule has 3 rings (SSSR count). The summed E-state index contributed by atoms with van der Waals surface area (Å²) in [5.74, 6) is -3.79. The number of hydrogen-bond acceptors (Lipinski definition) is 4. The van der Waals surface area contributed by atoms with Gasteiger partial charge in [-0.25, -0.2) is 4.39 Å². The van der Waals surface area contributed by atoms with Gasteiger partial charge in [0.05, 0.1) is 18.0 Å². The molecule has 0 radical (unpaired) electrons. The number of likely N-dealkylation sites (tertiary alicyclic amines) is 1. The number of amides is 1. The second kappa shape index (κ2) is 7.41. The average molecular weight is 369 g/mol. The number of carboxylic acid groups (broad SMARTS) is 1.